The van der Waals surface area contributed by atoms with Crippen molar-refractivity contribution >= 4 is 6.03 Å². The number of ether oxygens (including phenoxy) is 3. The van der Waals surface area contributed by atoms with Gasteiger partial charge in [0.05, 0.1) is 38.0 Å². The molecule has 0 aliphatic carbocycles. The third-order valence-electron chi connectivity index (χ3n) is 4.37. The van der Waals surface area contributed by atoms with Crippen LogP contribution in [0.1, 0.15) is 32.4 Å². The summed E-state index contributed by atoms with van der Waals surface area (Å²) in [5.74, 6) is 0.819. The Kier molecular flexibility index (Phi) is 6.87. The summed E-state index contributed by atoms with van der Waals surface area (Å²) in [4.78, 5) is 14.5. The highest BCUT2D eigenvalue weighted by molar-refractivity contribution is 5.75. The molecule has 1 aliphatic heterocycles. The molecule has 0 radical (unpaired) electrons. The van der Waals surface area contributed by atoms with Crippen LogP contribution >= 0.6 is 0 Å². The average Bonchev–Trinajstić information content (AvgIpc) is 2.58. The Bertz CT molecular complexity index is 520. The number of carbonyl (C=O) groups excluding carboxylic acids is 1. The van der Waals surface area contributed by atoms with Crippen LogP contribution < -0.4 is 10.1 Å². The summed E-state index contributed by atoms with van der Waals surface area (Å²) in [5, 5.41) is 3.07. The van der Waals surface area contributed by atoms with Crippen molar-refractivity contribution in [2.24, 2.45) is 0 Å². The number of hydrogen-bond acceptors (Lipinski definition) is 4. The normalized spacial score (nSPS) is 22.1. The number of nitrogens with zero attached hydrogens (tertiary/aromatic N) is 1. The van der Waals surface area contributed by atoms with E-state index in [0.717, 1.165) is 11.3 Å². The fourth-order valence-electron chi connectivity index (χ4n) is 2.80. The van der Waals surface area contributed by atoms with E-state index in [0.29, 0.717) is 26.4 Å². The van der Waals surface area contributed by atoms with Gasteiger partial charge in [-0.1, -0.05) is 12.1 Å². The smallest absolute Gasteiger partial charge is 0.318 e. The molecule has 1 heterocycles. The summed E-state index contributed by atoms with van der Waals surface area (Å²) in [6.07, 6.45) is 0.0378. The number of morpholine rings is 1. The highest BCUT2D eigenvalue weighted by atomic mass is 16.5. The van der Waals surface area contributed by atoms with Gasteiger partial charge in [0.2, 0.25) is 0 Å². The van der Waals surface area contributed by atoms with Crippen LogP contribution in [0.2, 0.25) is 0 Å². The van der Waals surface area contributed by atoms with E-state index in [1.54, 1.807) is 7.11 Å². The summed E-state index contributed by atoms with van der Waals surface area (Å²) < 4.78 is 16.3. The summed E-state index contributed by atoms with van der Waals surface area (Å²) in [6, 6.07) is 7.49. The zero-order chi connectivity index (χ0) is 17.5. The molecule has 0 saturated carbocycles. The Balaban J connectivity index is 2.05. The first kappa shape index (κ1) is 18.5. The standard InChI is InChI=1S/C18H28N2O4/c1-5-23-16-8-6-15(7-9-16)17(12-22-4)19-18(21)20-10-11-24-14(3)13(20)2/h6-9,13-14,17H,5,10-12H2,1-4H3,(H,19,21)/t13-,14+,17+/m1/s1. The van der Waals surface area contributed by atoms with E-state index in [-0.39, 0.29) is 24.2 Å². The number of benzene rings is 1. The van der Waals surface area contributed by atoms with Crippen molar-refractivity contribution in [1.82, 2.24) is 10.2 Å². The third kappa shape index (κ3) is 4.61. The van der Waals surface area contributed by atoms with Crippen molar-refractivity contribution in [3.63, 3.8) is 0 Å². The van der Waals surface area contributed by atoms with Crippen molar-refractivity contribution in [3.05, 3.63) is 29.8 Å². The van der Waals surface area contributed by atoms with Gasteiger partial charge in [-0.05, 0) is 38.5 Å². The maximum atomic E-state index is 12.7. The summed E-state index contributed by atoms with van der Waals surface area (Å²) in [7, 11) is 1.63. The van der Waals surface area contributed by atoms with Crippen LogP contribution in [0.25, 0.3) is 0 Å². The van der Waals surface area contributed by atoms with E-state index < -0.39 is 0 Å². The fourth-order valence-corrected chi connectivity index (χ4v) is 2.80. The Labute approximate surface area is 144 Å². The molecule has 1 saturated heterocycles. The molecule has 0 bridgehead atoms. The molecule has 1 aliphatic rings. The summed E-state index contributed by atoms with van der Waals surface area (Å²) in [6.45, 7) is 8.15. The van der Waals surface area contributed by atoms with Gasteiger partial charge in [-0.15, -0.1) is 0 Å². The van der Waals surface area contributed by atoms with Crippen molar-refractivity contribution in [3.8, 4) is 5.75 Å². The van der Waals surface area contributed by atoms with Crippen molar-refractivity contribution in [2.75, 3.05) is 33.5 Å². The quantitative estimate of drug-likeness (QED) is 0.867. The number of amides is 2. The van der Waals surface area contributed by atoms with Gasteiger partial charge < -0.3 is 24.4 Å². The second kappa shape index (κ2) is 8.89. The molecule has 1 fully saturated rings. The maximum absolute atomic E-state index is 12.7. The van der Waals surface area contributed by atoms with Crippen molar-refractivity contribution in [2.45, 2.75) is 39.0 Å². The van der Waals surface area contributed by atoms with Gasteiger partial charge in [0.1, 0.15) is 5.75 Å². The van der Waals surface area contributed by atoms with Crippen LogP contribution in [-0.4, -0.2) is 56.6 Å². The second-order valence-electron chi connectivity index (χ2n) is 5.97. The van der Waals surface area contributed by atoms with Crippen LogP contribution in [0.15, 0.2) is 24.3 Å². The monoisotopic (exact) mass is 336 g/mol. The van der Waals surface area contributed by atoms with Gasteiger partial charge in [-0.3, -0.25) is 0 Å². The number of nitrogens with one attached hydrogen (secondary N) is 1. The molecular weight excluding hydrogens is 308 g/mol. The second-order valence-corrected chi connectivity index (χ2v) is 5.97. The number of urea groups is 1. The van der Waals surface area contributed by atoms with E-state index in [4.69, 9.17) is 14.2 Å². The van der Waals surface area contributed by atoms with Gasteiger partial charge >= 0.3 is 6.03 Å². The zero-order valence-corrected chi connectivity index (χ0v) is 15.0. The molecule has 6 heteroatoms. The molecule has 1 N–H and O–H groups in total. The minimum absolute atomic E-state index is 0.0378. The molecule has 1 aromatic rings. The van der Waals surface area contributed by atoms with E-state index in [1.165, 1.54) is 0 Å². The lowest BCUT2D eigenvalue weighted by molar-refractivity contribution is -0.0383. The van der Waals surface area contributed by atoms with Crippen LogP contribution in [-0.2, 0) is 9.47 Å². The van der Waals surface area contributed by atoms with E-state index in [1.807, 2.05) is 49.9 Å². The van der Waals surface area contributed by atoms with Gasteiger partial charge in [0, 0.05) is 13.7 Å². The minimum Gasteiger partial charge on any atom is -0.494 e. The van der Waals surface area contributed by atoms with Gasteiger partial charge in [-0.25, -0.2) is 4.79 Å². The molecule has 6 nitrogen and oxygen atoms in total. The van der Waals surface area contributed by atoms with Crippen molar-refractivity contribution in [1.29, 1.82) is 0 Å². The highest BCUT2D eigenvalue weighted by Gasteiger charge is 2.30. The number of rotatable bonds is 6. The van der Waals surface area contributed by atoms with Crippen LogP contribution in [0, 0.1) is 0 Å². The Morgan fingerprint density at radius 2 is 2.08 bits per heavy atom. The maximum Gasteiger partial charge on any atom is 0.318 e. The zero-order valence-electron chi connectivity index (χ0n) is 15.0. The third-order valence-corrected chi connectivity index (χ3v) is 4.37. The largest absolute Gasteiger partial charge is 0.494 e. The van der Waals surface area contributed by atoms with E-state index in [2.05, 4.69) is 5.32 Å². The summed E-state index contributed by atoms with van der Waals surface area (Å²) >= 11 is 0. The minimum atomic E-state index is -0.205. The average molecular weight is 336 g/mol. The lowest BCUT2D eigenvalue weighted by Gasteiger charge is -2.38. The topological polar surface area (TPSA) is 60.0 Å². The van der Waals surface area contributed by atoms with Gasteiger partial charge in [-0.2, -0.15) is 0 Å². The van der Waals surface area contributed by atoms with Crippen molar-refractivity contribution < 1.29 is 19.0 Å². The van der Waals surface area contributed by atoms with E-state index >= 15 is 0 Å². The Morgan fingerprint density at radius 1 is 1.38 bits per heavy atom. The summed E-state index contributed by atoms with van der Waals surface area (Å²) in [5.41, 5.74) is 0.989. The molecule has 0 aromatic heterocycles. The Hall–Kier alpha value is -1.79. The lowest BCUT2D eigenvalue weighted by atomic mass is 10.1. The lowest BCUT2D eigenvalue weighted by Crippen LogP contribution is -2.55. The predicted molar refractivity (Wildman–Crippen MR) is 92.3 cm³/mol. The first-order chi connectivity index (χ1) is 11.6. The first-order valence-corrected chi connectivity index (χ1v) is 8.47. The predicted octanol–water partition coefficient (Wildman–Crippen LogP) is 2.59. The molecular formula is C18H28N2O4. The molecule has 24 heavy (non-hydrogen) atoms. The van der Waals surface area contributed by atoms with Crippen LogP contribution in [0.3, 0.4) is 0 Å². The molecule has 3 atom stereocenters. The highest BCUT2D eigenvalue weighted by Crippen LogP contribution is 2.20. The molecule has 2 rings (SSSR count). The van der Waals surface area contributed by atoms with Crippen LogP contribution in [0.5, 0.6) is 5.75 Å². The van der Waals surface area contributed by atoms with E-state index in [9.17, 15) is 4.79 Å². The fraction of sp³-hybridized carbons (Fsp3) is 0.611. The molecule has 0 unspecified atom stereocenters. The molecule has 1 aromatic carbocycles. The first-order valence-electron chi connectivity index (χ1n) is 8.47. The molecule has 134 valence electrons. The Morgan fingerprint density at radius 3 is 2.71 bits per heavy atom. The number of methoxy groups -OCH3 is 1. The number of hydrogen-bond donors (Lipinski definition) is 1. The molecule has 0 spiro atoms. The van der Waals surface area contributed by atoms with Gasteiger partial charge in [0.15, 0.2) is 0 Å². The SMILES string of the molecule is CCOc1ccc([C@H](COC)NC(=O)N2CCO[C@@H](C)[C@H]2C)cc1. The molecule has 2 amide bonds. The van der Waals surface area contributed by atoms with Crippen LogP contribution in [0.4, 0.5) is 4.79 Å². The van der Waals surface area contributed by atoms with Gasteiger partial charge in [0.25, 0.3) is 0 Å². The number of carbonyl (C=O) groups is 1.